The second kappa shape index (κ2) is 7.15. The summed E-state index contributed by atoms with van der Waals surface area (Å²) in [5.74, 6) is 0.115. The van der Waals surface area contributed by atoms with Gasteiger partial charge in [-0.25, -0.2) is 4.98 Å². The summed E-state index contributed by atoms with van der Waals surface area (Å²) < 4.78 is 3.95. The summed E-state index contributed by atoms with van der Waals surface area (Å²) in [4.78, 5) is 19.2. The molecule has 0 aliphatic carbocycles. The van der Waals surface area contributed by atoms with Crippen molar-refractivity contribution < 1.29 is 4.79 Å². The standard InChI is InChI=1S/C20H23N5O/c1-16-11-22-24(12-16)14-19-6-3-8-25(19)20(26)18-5-2-4-17(10-18)13-23-9-7-21-15-23/h2,4-5,7,9-12,15,19H,3,6,8,13-14H2,1H3/t19-/m1/s1. The zero-order chi connectivity index (χ0) is 17.9. The molecule has 3 aromatic rings. The average molecular weight is 349 g/mol. The quantitative estimate of drug-likeness (QED) is 0.712. The van der Waals surface area contributed by atoms with Crippen LogP contribution in [0.3, 0.4) is 0 Å². The summed E-state index contributed by atoms with van der Waals surface area (Å²) in [5.41, 5.74) is 3.01. The number of carbonyl (C=O) groups is 1. The highest BCUT2D eigenvalue weighted by Crippen LogP contribution is 2.22. The Bertz CT molecular complexity index is 883. The van der Waals surface area contributed by atoms with Gasteiger partial charge in [-0.05, 0) is 43.0 Å². The van der Waals surface area contributed by atoms with Crippen LogP contribution in [-0.2, 0) is 13.1 Å². The second-order valence-electron chi connectivity index (χ2n) is 6.97. The van der Waals surface area contributed by atoms with E-state index in [9.17, 15) is 4.79 Å². The lowest BCUT2D eigenvalue weighted by molar-refractivity contribution is 0.0721. The van der Waals surface area contributed by atoms with Gasteiger partial charge in [0, 0.05) is 37.2 Å². The number of likely N-dealkylation sites (tertiary alicyclic amines) is 1. The molecule has 6 nitrogen and oxygen atoms in total. The van der Waals surface area contributed by atoms with E-state index < -0.39 is 0 Å². The largest absolute Gasteiger partial charge is 0.334 e. The first-order chi connectivity index (χ1) is 12.7. The predicted octanol–water partition coefficient (Wildman–Crippen LogP) is 2.74. The minimum Gasteiger partial charge on any atom is -0.334 e. The molecule has 1 amide bonds. The maximum Gasteiger partial charge on any atom is 0.254 e. The van der Waals surface area contributed by atoms with Crippen molar-refractivity contribution in [3.63, 3.8) is 0 Å². The molecule has 6 heteroatoms. The zero-order valence-electron chi connectivity index (χ0n) is 15.0. The van der Waals surface area contributed by atoms with Crippen molar-refractivity contribution in [1.82, 2.24) is 24.2 Å². The van der Waals surface area contributed by atoms with Crippen LogP contribution in [0.1, 0.15) is 34.3 Å². The number of amides is 1. The van der Waals surface area contributed by atoms with Gasteiger partial charge in [-0.3, -0.25) is 9.48 Å². The Morgan fingerprint density at radius 2 is 2.27 bits per heavy atom. The van der Waals surface area contributed by atoms with Gasteiger partial charge in [0.25, 0.3) is 5.91 Å². The Balaban J connectivity index is 1.49. The summed E-state index contributed by atoms with van der Waals surface area (Å²) in [7, 11) is 0. The first-order valence-corrected chi connectivity index (χ1v) is 9.04. The smallest absolute Gasteiger partial charge is 0.254 e. The van der Waals surface area contributed by atoms with Crippen LogP contribution in [0.5, 0.6) is 0 Å². The Morgan fingerprint density at radius 3 is 3.04 bits per heavy atom. The SMILES string of the molecule is Cc1cnn(C[C@H]2CCCN2C(=O)c2cccc(Cn3ccnc3)c2)c1. The summed E-state index contributed by atoms with van der Waals surface area (Å²) in [5, 5.41) is 4.37. The van der Waals surface area contributed by atoms with Gasteiger partial charge in [-0.1, -0.05) is 12.1 Å². The molecule has 0 N–H and O–H groups in total. The summed E-state index contributed by atoms with van der Waals surface area (Å²) in [6, 6.07) is 8.12. The van der Waals surface area contributed by atoms with Crippen molar-refractivity contribution >= 4 is 5.91 Å². The van der Waals surface area contributed by atoms with Gasteiger partial charge in [-0.15, -0.1) is 0 Å². The van der Waals surface area contributed by atoms with Crippen molar-refractivity contribution in [2.45, 2.75) is 38.9 Å². The number of aromatic nitrogens is 4. The van der Waals surface area contributed by atoms with E-state index in [2.05, 4.69) is 10.1 Å². The number of hydrogen-bond donors (Lipinski definition) is 0. The van der Waals surface area contributed by atoms with Gasteiger partial charge in [-0.2, -0.15) is 5.10 Å². The fraction of sp³-hybridized carbons (Fsp3) is 0.350. The van der Waals surface area contributed by atoms with E-state index in [1.54, 1.807) is 12.5 Å². The lowest BCUT2D eigenvalue weighted by Crippen LogP contribution is -2.38. The van der Waals surface area contributed by atoms with Gasteiger partial charge in [0.15, 0.2) is 0 Å². The monoisotopic (exact) mass is 349 g/mol. The highest BCUT2D eigenvalue weighted by molar-refractivity contribution is 5.94. The van der Waals surface area contributed by atoms with Crippen molar-refractivity contribution in [2.24, 2.45) is 0 Å². The molecule has 2 aromatic heterocycles. The molecular formula is C20H23N5O. The van der Waals surface area contributed by atoms with Crippen molar-refractivity contribution in [1.29, 1.82) is 0 Å². The molecular weight excluding hydrogens is 326 g/mol. The van der Waals surface area contributed by atoms with Gasteiger partial charge in [0.2, 0.25) is 0 Å². The highest BCUT2D eigenvalue weighted by Gasteiger charge is 2.29. The van der Waals surface area contributed by atoms with Crippen LogP contribution in [0.2, 0.25) is 0 Å². The van der Waals surface area contributed by atoms with Gasteiger partial charge < -0.3 is 9.47 Å². The second-order valence-corrected chi connectivity index (χ2v) is 6.97. The molecule has 1 aliphatic rings. The van der Waals surface area contributed by atoms with Crippen LogP contribution in [0, 0.1) is 6.92 Å². The molecule has 1 aliphatic heterocycles. The molecule has 134 valence electrons. The van der Waals surface area contributed by atoms with Crippen LogP contribution in [0.15, 0.2) is 55.4 Å². The number of nitrogens with zero attached hydrogens (tertiary/aromatic N) is 5. The topological polar surface area (TPSA) is 56.0 Å². The fourth-order valence-electron chi connectivity index (χ4n) is 3.64. The number of rotatable bonds is 5. The normalized spacial score (nSPS) is 17.0. The molecule has 1 fully saturated rings. The molecule has 26 heavy (non-hydrogen) atoms. The zero-order valence-corrected chi connectivity index (χ0v) is 15.0. The van der Waals surface area contributed by atoms with E-state index in [-0.39, 0.29) is 11.9 Å². The summed E-state index contributed by atoms with van der Waals surface area (Å²) >= 11 is 0. The van der Waals surface area contributed by atoms with Gasteiger partial charge in [0.1, 0.15) is 0 Å². The molecule has 1 atom stereocenters. The first kappa shape index (κ1) is 16.6. The van der Waals surface area contributed by atoms with Crippen molar-refractivity contribution in [2.75, 3.05) is 6.54 Å². The van der Waals surface area contributed by atoms with Crippen LogP contribution < -0.4 is 0 Å². The van der Waals surface area contributed by atoms with Crippen molar-refractivity contribution in [3.8, 4) is 0 Å². The molecule has 4 rings (SSSR count). The van der Waals surface area contributed by atoms with E-state index in [0.29, 0.717) is 0 Å². The van der Waals surface area contributed by atoms with Crippen molar-refractivity contribution in [3.05, 3.63) is 72.1 Å². The molecule has 3 heterocycles. The van der Waals surface area contributed by atoms with E-state index >= 15 is 0 Å². The minimum absolute atomic E-state index is 0.115. The van der Waals surface area contributed by atoms with Crippen LogP contribution >= 0.6 is 0 Å². The number of benzene rings is 1. The molecule has 0 bridgehead atoms. The lowest BCUT2D eigenvalue weighted by atomic mass is 10.1. The third-order valence-electron chi connectivity index (χ3n) is 4.90. The van der Waals surface area contributed by atoms with Crippen LogP contribution in [-0.4, -0.2) is 42.7 Å². The van der Waals surface area contributed by atoms with E-state index in [1.165, 1.54) is 0 Å². The van der Waals surface area contributed by atoms with Crippen LogP contribution in [0.25, 0.3) is 0 Å². The van der Waals surface area contributed by atoms with E-state index in [1.807, 2.05) is 63.9 Å². The maximum atomic E-state index is 13.1. The molecule has 1 aromatic carbocycles. The Labute approximate surface area is 153 Å². The number of imidazole rings is 1. The summed E-state index contributed by atoms with van der Waals surface area (Å²) in [6.07, 6.45) is 11.5. The van der Waals surface area contributed by atoms with Crippen LogP contribution in [0.4, 0.5) is 0 Å². The number of aryl methyl sites for hydroxylation is 1. The Kier molecular flexibility index (Phi) is 4.56. The molecule has 0 spiro atoms. The molecule has 0 radical (unpaired) electrons. The molecule has 0 unspecified atom stereocenters. The van der Waals surface area contributed by atoms with E-state index in [4.69, 9.17) is 0 Å². The maximum absolute atomic E-state index is 13.1. The number of hydrogen-bond acceptors (Lipinski definition) is 3. The summed E-state index contributed by atoms with van der Waals surface area (Å²) in [6.45, 7) is 4.33. The fourth-order valence-corrected chi connectivity index (χ4v) is 3.64. The third kappa shape index (κ3) is 3.54. The molecule has 0 saturated carbocycles. The average Bonchev–Trinajstić information content (AvgIpc) is 3.38. The first-order valence-electron chi connectivity index (χ1n) is 9.04. The lowest BCUT2D eigenvalue weighted by Gasteiger charge is -2.25. The molecule has 1 saturated heterocycles. The predicted molar refractivity (Wildman–Crippen MR) is 98.8 cm³/mol. The van der Waals surface area contributed by atoms with E-state index in [0.717, 1.165) is 49.2 Å². The Morgan fingerprint density at radius 1 is 1.35 bits per heavy atom. The number of carbonyl (C=O) groups excluding carboxylic acids is 1. The third-order valence-corrected chi connectivity index (χ3v) is 4.90. The van der Waals surface area contributed by atoms with Gasteiger partial charge in [0.05, 0.1) is 25.1 Å². The minimum atomic E-state index is 0.115. The Hall–Kier alpha value is -2.89. The highest BCUT2D eigenvalue weighted by atomic mass is 16.2. The van der Waals surface area contributed by atoms with Gasteiger partial charge >= 0.3 is 0 Å².